The molecule has 26 heavy (non-hydrogen) atoms. The largest absolute Gasteiger partial charge is 0.304 e. The summed E-state index contributed by atoms with van der Waals surface area (Å²) in [5, 5.41) is 0. The molecule has 0 fully saturated rings. The van der Waals surface area contributed by atoms with E-state index in [1.54, 1.807) is 0 Å². The second kappa shape index (κ2) is 8.91. The molecular formula is C25H47N. The Labute approximate surface area is 165 Å². The van der Waals surface area contributed by atoms with E-state index >= 15 is 0 Å². The molecule has 0 bridgehead atoms. The van der Waals surface area contributed by atoms with E-state index in [0.717, 1.165) is 6.42 Å². The molecule has 0 aromatic heterocycles. The number of rotatable bonds is 6. The minimum Gasteiger partial charge on any atom is -0.304 e. The molecule has 0 radical (unpaired) electrons. The first kappa shape index (κ1) is 25.2. The lowest BCUT2D eigenvalue weighted by Gasteiger charge is -2.40. The average molecular weight is 362 g/mol. The Hall–Kier alpha value is -0.820. The van der Waals surface area contributed by atoms with Crippen LogP contribution in [0.5, 0.6) is 0 Å². The highest BCUT2D eigenvalue weighted by Crippen LogP contribution is 2.38. The van der Waals surface area contributed by atoms with Crippen LogP contribution in [0.2, 0.25) is 0 Å². The molecular weight excluding hydrogens is 314 g/mol. The quantitative estimate of drug-likeness (QED) is 0.509. The van der Waals surface area contributed by atoms with Gasteiger partial charge < -0.3 is 4.90 Å². The highest BCUT2D eigenvalue weighted by atomic mass is 15.1. The van der Waals surface area contributed by atoms with Gasteiger partial charge >= 0.3 is 0 Å². The van der Waals surface area contributed by atoms with Crippen molar-refractivity contribution in [3.8, 4) is 0 Å². The molecule has 1 nitrogen and oxygen atoms in total. The molecule has 0 amide bonds. The van der Waals surface area contributed by atoms with Crippen molar-refractivity contribution in [3.05, 3.63) is 35.4 Å². The highest BCUT2D eigenvalue weighted by Gasteiger charge is 2.32. The summed E-state index contributed by atoms with van der Waals surface area (Å²) < 4.78 is 0. The zero-order valence-electron chi connectivity index (χ0n) is 20.2. The average Bonchev–Trinajstić information content (AvgIpc) is 2.46. The van der Waals surface area contributed by atoms with E-state index < -0.39 is 0 Å². The second-order valence-electron chi connectivity index (χ2n) is 11.0. The fourth-order valence-electron chi connectivity index (χ4n) is 4.14. The van der Waals surface area contributed by atoms with Gasteiger partial charge in [0, 0.05) is 5.54 Å². The van der Waals surface area contributed by atoms with Crippen molar-refractivity contribution in [2.75, 3.05) is 14.1 Å². The lowest BCUT2D eigenvalue weighted by atomic mass is 9.70. The normalized spacial score (nSPS) is 13.5. The molecule has 1 aromatic carbocycles. The first-order chi connectivity index (χ1) is 11.6. The molecule has 0 saturated carbocycles. The van der Waals surface area contributed by atoms with Crippen LogP contribution in [0.15, 0.2) is 24.3 Å². The summed E-state index contributed by atoms with van der Waals surface area (Å²) in [5.41, 5.74) is 3.80. The van der Waals surface area contributed by atoms with Crippen LogP contribution in [-0.4, -0.2) is 24.5 Å². The second-order valence-corrected chi connectivity index (χ2v) is 11.0. The highest BCUT2D eigenvalue weighted by molar-refractivity contribution is 5.32. The maximum absolute atomic E-state index is 2.37. The van der Waals surface area contributed by atoms with Gasteiger partial charge in [0.2, 0.25) is 0 Å². The molecule has 1 heteroatoms. The Balaban J connectivity index is 0.00000301. The SMILES string of the molecule is CC.CN(C)C(C)(C)CC(C)(C)c1ccc(C(C)(C)CC(C)(C)C)cc1. The van der Waals surface area contributed by atoms with E-state index in [4.69, 9.17) is 0 Å². The molecule has 0 aliphatic rings. The summed E-state index contributed by atoms with van der Waals surface area (Å²) in [6, 6.07) is 9.41. The lowest BCUT2D eigenvalue weighted by molar-refractivity contribution is 0.150. The maximum Gasteiger partial charge on any atom is 0.0155 e. The van der Waals surface area contributed by atoms with Crippen molar-refractivity contribution < 1.29 is 0 Å². The summed E-state index contributed by atoms with van der Waals surface area (Å²) in [7, 11) is 4.35. The van der Waals surface area contributed by atoms with Crippen LogP contribution >= 0.6 is 0 Å². The van der Waals surface area contributed by atoms with E-state index in [0.29, 0.717) is 5.41 Å². The molecule has 0 spiro atoms. The molecule has 0 unspecified atom stereocenters. The van der Waals surface area contributed by atoms with Gasteiger partial charge in [-0.05, 0) is 68.2 Å². The van der Waals surface area contributed by atoms with Gasteiger partial charge in [0.05, 0.1) is 0 Å². The van der Waals surface area contributed by atoms with Crippen molar-refractivity contribution in [3.63, 3.8) is 0 Å². The first-order valence-corrected chi connectivity index (χ1v) is 10.4. The van der Waals surface area contributed by atoms with Crippen molar-refractivity contribution in [2.45, 2.75) is 105 Å². The number of nitrogens with zero attached hydrogens (tertiary/aromatic N) is 1. The van der Waals surface area contributed by atoms with Gasteiger partial charge in [0.15, 0.2) is 0 Å². The van der Waals surface area contributed by atoms with E-state index in [9.17, 15) is 0 Å². The van der Waals surface area contributed by atoms with Gasteiger partial charge in [-0.15, -0.1) is 0 Å². The van der Waals surface area contributed by atoms with E-state index in [1.807, 2.05) is 13.8 Å². The predicted molar refractivity (Wildman–Crippen MR) is 120 cm³/mol. The van der Waals surface area contributed by atoms with Gasteiger partial charge in [-0.1, -0.05) is 86.6 Å². The zero-order chi connectivity index (χ0) is 21.0. The van der Waals surface area contributed by atoms with Crippen LogP contribution in [0.3, 0.4) is 0 Å². The zero-order valence-corrected chi connectivity index (χ0v) is 20.2. The Kier molecular flexibility index (Phi) is 8.63. The third-order valence-electron chi connectivity index (χ3n) is 5.51. The molecule has 0 saturated heterocycles. The minimum absolute atomic E-state index is 0.167. The summed E-state index contributed by atoms with van der Waals surface area (Å²) in [6.07, 6.45) is 2.33. The topological polar surface area (TPSA) is 3.24 Å². The number of hydrogen-bond donors (Lipinski definition) is 0. The van der Waals surface area contributed by atoms with Gasteiger partial charge in [-0.25, -0.2) is 0 Å². The van der Waals surface area contributed by atoms with Crippen LogP contribution in [0.4, 0.5) is 0 Å². The Morgan fingerprint density at radius 2 is 0.923 bits per heavy atom. The van der Waals surface area contributed by atoms with E-state index in [-0.39, 0.29) is 16.4 Å². The molecule has 1 aromatic rings. The fourth-order valence-corrected chi connectivity index (χ4v) is 4.14. The number of benzene rings is 1. The third-order valence-corrected chi connectivity index (χ3v) is 5.51. The van der Waals surface area contributed by atoms with Crippen LogP contribution in [0.1, 0.15) is 100 Å². The van der Waals surface area contributed by atoms with Gasteiger partial charge in [0.25, 0.3) is 0 Å². The van der Waals surface area contributed by atoms with E-state index in [1.165, 1.54) is 17.5 Å². The van der Waals surface area contributed by atoms with Gasteiger partial charge in [0.1, 0.15) is 0 Å². The Bertz CT molecular complexity index is 524. The molecule has 0 aliphatic carbocycles. The molecule has 0 N–H and O–H groups in total. The number of hydrogen-bond acceptors (Lipinski definition) is 1. The minimum atomic E-state index is 0.167. The summed E-state index contributed by atoms with van der Waals surface area (Å²) in [6.45, 7) is 25.1. The van der Waals surface area contributed by atoms with E-state index in [2.05, 4.69) is 106 Å². The summed E-state index contributed by atoms with van der Waals surface area (Å²) >= 11 is 0. The van der Waals surface area contributed by atoms with Crippen LogP contribution < -0.4 is 0 Å². The van der Waals surface area contributed by atoms with Gasteiger partial charge in [-0.2, -0.15) is 0 Å². The monoisotopic (exact) mass is 361 g/mol. The Morgan fingerprint density at radius 1 is 0.615 bits per heavy atom. The lowest BCUT2D eigenvalue weighted by Crippen LogP contribution is -2.43. The van der Waals surface area contributed by atoms with Crippen molar-refractivity contribution >= 4 is 0 Å². The summed E-state index contributed by atoms with van der Waals surface area (Å²) in [4.78, 5) is 2.33. The van der Waals surface area contributed by atoms with Crippen molar-refractivity contribution in [2.24, 2.45) is 5.41 Å². The molecule has 0 heterocycles. The first-order valence-electron chi connectivity index (χ1n) is 10.4. The smallest absolute Gasteiger partial charge is 0.0155 e. The van der Waals surface area contributed by atoms with Crippen molar-refractivity contribution in [1.82, 2.24) is 4.90 Å². The fraction of sp³-hybridized carbons (Fsp3) is 0.760. The third kappa shape index (κ3) is 7.43. The molecule has 1 rings (SSSR count). The molecule has 152 valence electrons. The molecule has 0 aliphatic heterocycles. The Morgan fingerprint density at radius 3 is 1.19 bits per heavy atom. The van der Waals surface area contributed by atoms with Crippen LogP contribution in [0.25, 0.3) is 0 Å². The summed E-state index contributed by atoms with van der Waals surface area (Å²) in [5.74, 6) is 0. The molecule has 0 atom stereocenters. The van der Waals surface area contributed by atoms with Crippen LogP contribution in [0, 0.1) is 5.41 Å². The maximum atomic E-state index is 2.37. The standard InChI is InChI=1S/C23H41N.C2H6/c1-20(2,3)16-21(4,5)18-12-14-19(15-13-18)22(6,7)17-23(8,9)24(10)11;1-2/h12-15H,16-17H2,1-11H3;1-2H3. The van der Waals surface area contributed by atoms with Crippen molar-refractivity contribution in [1.29, 1.82) is 0 Å². The van der Waals surface area contributed by atoms with Crippen LogP contribution in [-0.2, 0) is 10.8 Å². The predicted octanol–water partition coefficient (Wildman–Crippen LogP) is 7.43. The van der Waals surface area contributed by atoms with Gasteiger partial charge in [-0.3, -0.25) is 0 Å².